The Bertz CT molecular complexity index is 210. The minimum absolute atomic E-state index is 0.506. The van der Waals surface area contributed by atoms with Crippen LogP contribution >= 0.6 is 0 Å². The van der Waals surface area contributed by atoms with Gasteiger partial charge in [0.15, 0.2) is 0 Å². The molecule has 4 unspecified atom stereocenters. The van der Waals surface area contributed by atoms with Crippen molar-refractivity contribution >= 4 is 0 Å². The second-order valence-electron chi connectivity index (χ2n) is 5.10. The van der Waals surface area contributed by atoms with Gasteiger partial charge in [0, 0.05) is 18.6 Å². The van der Waals surface area contributed by atoms with Crippen molar-refractivity contribution in [2.24, 2.45) is 11.7 Å². The van der Waals surface area contributed by atoms with Crippen LogP contribution in [0.2, 0.25) is 0 Å². The van der Waals surface area contributed by atoms with Gasteiger partial charge in [-0.1, -0.05) is 6.92 Å². The summed E-state index contributed by atoms with van der Waals surface area (Å²) < 4.78 is 5.82. The lowest BCUT2D eigenvalue weighted by Crippen LogP contribution is -2.54. The Balaban J connectivity index is 2.00. The summed E-state index contributed by atoms with van der Waals surface area (Å²) in [5.41, 5.74) is 5.76. The highest BCUT2D eigenvalue weighted by atomic mass is 16.5. The van der Waals surface area contributed by atoms with Crippen LogP contribution in [0.4, 0.5) is 0 Å². The lowest BCUT2D eigenvalue weighted by molar-refractivity contribution is -0.0757. The van der Waals surface area contributed by atoms with Gasteiger partial charge in [-0.2, -0.15) is 0 Å². The van der Waals surface area contributed by atoms with Crippen molar-refractivity contribution in [3.63, 3.8) is 0 Å². The first-order chi connectivity index (χ1) is 7.24. The number of nitrogens with zero attached hydrogens (tertiary/aromatic N) is 1. The standard InChI is InChI=1S/C12H24N2O/c1-9(8-13)10(2)14-6-7-15-12-5-3-4-11(12)14/h9-12H,3-8,13H2,1-2H3. The largest absolute Gasteiger partial charge is 0.375 e. The molecule has 2 fully saturated rings. The summed E-state index contributed by atoms with van der Waals surface area (Å²) in [6.45, 7) is 7.35. The Morgan fingerprint density at radius 1 is 1.40 bits per heavy atom. The molecule has 0 aromatic rings. The Hall–Kier alpha value is -0.120. The van der Waals surface area contributed by atoms with E-state index < -0.39 is 0 Å². The van der Waals surface area contributed by atoms with Crippen LogP contribution in [0.1, 0.15) is 33.1 Å². The van der Waals surface area contributed by atoms with Crippen molar-refractivity contribution in [3.05, 3.63) is 0 Å². The van der Waals surface area contributed by atoms with E-state index in [1.165, 1.54) is 19.3 Å². The zero-order chi connectivity index (χ0) is 10.8. The van der Waals surface area contributed by atoms with Crippen LogP contribution in [0.3, 0.4) is 0 Å². The molecule has 1 aliphatic carbocycles. The molecule has 0 spiro atoms. The summed E-state index contributed by atoms with van der Waals surface area (Å²) in [5.74, 6) is 0.587. The smallest absolute Gasteiger partial charge is 0.0731 e. The van der Waals surface area contributed by atoms with Gasteiger partial charge in [-0.25, -0.2) is 0 Å². The normalized spacial score (nSPS) is 36.2. The molecular weight excluding hydrogens is 188 g/mol. The molecule has 0 bridgehead atoms. The van der Waals surface area contributed by atoms with Gasteiger partial charge in [-0.15, -0.1) is 0 Å². The molecule has 0 aromatic carbocycles. The molecular formula is C12H24N2O. The molecule has 3 heteroatoms. The predicted octanol–water partition coefficient (Wildman–Crippen LogP) is 1.22. The Kier molecular flexibility index (Phi) is 3.65. The third-order valence-electron chi connectivity index (χ3n) is 4.24. The van der Waals surface area contributed by atoms with Crippen LogP contribution < -0.4 is 5.73 Å². The minimum atomic E-state index is 0.506. The van der Waals surface area contributed by atoms with E-state index in [0.717, 1.165) is 19.7 Å². The first-order valence-electron chi connectivity index (χ1n) is 6.31. The lowest BCUT2D eigenvalue weighted by atomic mass is 9.98. The van der Waals surface area contributed by atoms with E-state index in [-0.39, 0.29) is 0 Å². The maximum Gasteiger partial charge on any atom is 0.0731 e. The number of hydrogen-bond donors (Lipinski definition) is 1. The molecule has 0 amide bonds. The summed E-state index contributed by atoms with van der Waals surface area (Å²) in [4.78, 5) is 2.64. The van der Waals surface area contributed by atoms with E-state index >= 15 is 0 Å². The van der Waals surface area contributed by atoms with Gasteiger partial charge in [-0.3, -0.25) is 4.90 Å². The van der Waals surface area contributed by atoms with Gasteiger partial charge in [0.05, 0.1) is 12.7 Å². The van der Waals surface area contributed by atoms with Gasteiger partial charge < -0.3 is 10.5 Å². The van der Waals surface area contributed by atoms with E-state index in [1.807, 2.05) is 0 Å². The highest BCUT2D eigenvalue weighted by molar-refractivity contribution is 4.92. The average Bonchev–Trinajstić information content (AvgIpc) is 2.74. The lowest BCUT2D eigenvalue weighted by Gasteiger charge is -2.43. The van der Waals surface area contributed by atoms with Gasteiger partial charge in [0.1, 0.15) is 0 Å². The fourth-order valence-electron chi connectivity index (χ4n) is 2.99. The van der Waals surface area contributed by atoms with Crippen LogP contribution in [0.15, 0.2) is 0 Å². The second-order valence-corrected chi connectivity index (χ2v) is 5.10. The highest BCUT2D eigenvalue weighted by Gasteiger charge is 2.38. The van der Waals surface area contributed by atoms with Crippen molar-refractivity contribution in [1.29, 1.82) is 0 Å². The average molecular weight is 212 g/mol. The zero-order valence-corrected chi connectivity index (χ0v) is 9.98. The van der Waals surface area contributed by atoms with E-state index in [4.69, 9.17) is 10.5 Å². The third kappa shape index (κ3) is 2.19. The Morgan fingerprint density at radius 3 is 2.93 bits per heavy atom. The molecule has 3 nitrogen and oxygen atoms in total. The Labute approximate surface area is 93.0 Å². The quantitative estimate of drug-likeness (QED) is 0.764. The second kappa shape index (κ2) is 4.81. The fourth-order valence-corrected chi connectivity index (χ4v) is 2.99. The van der Waals surface area contributed by atoms with Gasteiger partial charge in [0.2, 0.25) is 0 Å². The number of fused-ring (bicyclic) bond motifs is 1. The van der Waals surface area contributed by atoms with Crippen molar-refractivity contribution in [1.82, 2.24) is 4.90 Å². The molecule has 4 atom stereocenters. The summed E-state index contributed by atoms with van der Waals surface area (Å²) in [6, 6.07) is 1.27. The summed E-state index contributed by atoms with van der Waals surface area (Å²) in [6.07, 6.45) is 4.40. The molecule has 1 heterocycles. The zero-order valence-electron chi connectivity index (χ0n) is 9.98. The minimum Gasteiger partial charge on any atom is -0.375 e. The van der Waals surface area contributed by atoms with Crippen molar-refractivity contribution < 1.29 is 4.74 Å². The summed E-state index contributed by atoms with van der Waals surface area (Å²) >= 11 is 0. The molecule has 2 aliphatic rings. The molecule has 2 rings (SSSR count). The Morgan fingerprint density at radius 2 is 2.20 bits per heavy atom. The number of nitrogens with two attached hydrogens (primary N) is 1. The topological polar surface area (TPSA) is 38.5 Å². The molecule has 0 aromatic heterocycles. The maximum absolute atomic E-state index is 5.82. The van der Waals surface area contributed by atoms with Gasteiger partial charge in [-0.05, 0) is 38.6 Å². The van der Waals surface area contributed by atoms with Gasteiger partial charge >= 0.3 is 0 Å². The van der Waals surface area contributed by atoms with Gasteiger partial charge in [0.25, 0.3) is 0 Å². The number of rotatable bonds is 3. The van der Waals surface area contributed by atoms with Crippen LogP contribution in [0.25, 0.3) is 0 Å². The first kappa shape index (κ1) is 11.4. The van der Waals surface area contributed by atoms with Crippen molar-refractivity contribution in [3.8, 4) is 0 Å². The maximum atomic E-state index is 5.82. The summed E-state index contributed by atoms with van der Waals surface area (Å²) in [7, 11) is 0. The number of morpholine rings is 1. The van der Waals surface area contributed by atoms with E-state index in [1.54, 1.807) is 0 Å². The molecule has 1 aliphatic heterocycles. The summed E-state index contributed by atoms with van der Waals surface area (Å²) in [5, 5.41) is 0. The predicted molar refractivity (Wildman–Crippen MR) is 61.8 cm³/mol. The first-order valence-corrected chi connectivity index (χ1v) is 6.31. The molecule has 1 saturated carbocycles. The van der Waals surface area contributed by atoms with Crippen LogP contribution in [-0.2, 0) is 4.74 Å². The van der Waals surface area contributed by atoms with Crippen molar-refractivity contribution in [2.45, 2.75) is 51.3 Å². The van der Waals surface area contributed by atoms with E-state index in [9.17, 15) is 0 Å². The number of ether oxygens (including phenoxy) is 1. The van der Waals surface area contributed by atoms with E-state index in [0.29, 0.717) is 24.1 Å². The molecule has 15 heavy (non-hydrogen) atoms. The molecule has 2 N–H and O–H groups in total. The monoisotopic (exact) mass is 212 g/mol. The van der Waals surface area contributed by atoms with Crippen LogP contribution in [0.5, 0.6) is 0 Å². The third-order valence-corrected chi connectivity index (χ3v) is 4.24. The van der Waals surface area contributed by atoms with Crippen LogP contribution in [-0.4, -0.2) is 42.8 Å². The molecule has 88 valence electrons. The fraction of sp³-hybridized carbons (Fsp3) is 1.00. The SMILES string of the molecule is CC(CN)C(C)N1CCOC2CCCC21. The van der Waals surface area contributed by atoms with Crippen molar-refractivity contribution in [2.75, 3.05) is 19.7 Å². The molecule has 1 saturated heterocycles. The highest BCUT2D eigenvalue weighted by Crippen LogP contribution is 2.32. The number of hydrogen-bond acceptors (Lipinski definition) is 3. The van der Waals surface area contributed by atoms with E-state index in [2.05, 4.69) is 18.7 Å². The molecule has 0 radical (unpaired) electrons. The van der Waals surface area contributed by atoms with Crippen LogP contribution in [0, 0.1) is 5.92 Å².